The molecule has 116 valence electrons. The van der Waals surface area contributed by atoms with Gasteiger partial charge in [-0.3, -0.25) is 14.9 Å². The van der Waals surface area contributed by atoms with E-state index >= 15 is 0 Å². The fourth-order valence-corrected chi connectivity index (χ4v) is 1.74. The van der Waals surface area contributed by atoms with E-state index in [9.17, 15) is 19.3 Å². The number of methoxy groups -OCH3 is 1. The van der Waals surface area contributed by atoms with Crippen LogP contribution in [0.25, 0.3) is 0 Å². The number of anilines is 1. The summed E-state index contributed by atoms with van der Waals surface area (Å²) in [6, 6.07) is 1.91. The minimum Gasteiger partial charge on any atom is -0.385 e. The Balaban J connectivity index is 2.98. The fourth-order valence-electron chi connectivity index (χ4n) is 1.74. The third-order valence-corrected chi connectivity index (χ3v) is 2.70. The molecule has 0 radical (unpaired) electrons. The lowest BCUT2D eigenvalue weighted by atomic mass is 10.1. The van der Waals surface area contributed by atoms with Crippen LogP contribution in [-0.2, 0) is 4.74 Å². The van der Waals surface area contributed by atoms with Gasteiger partial charge < -0.3 is 15.4 Å². The number of hydrogen-bond donors (Lipinski definition) is 2. The monoisotopic (exact) mass is 299 g/mol. The number of rotatable bonds is 8. The Labute approximate surface area is 121 Å². The number of nitro benzene ring substituents is 1. The molecule has 0 aliphatic heterocycles. The molecule has 1 rings (SSSR count). The Hall–Kier alpha value is -2.22. The summed E-state index contributed by atoms with van der Waals surface area (Å²) in [4.78, 5) is 22.2. The molecule has 1 aromatic carbocycles. The second-order valence-corrected chi connectivity index (χ2v) is 4.24. The molecule has 21 heavy (non-hydrogen) atoms. The molecule has 8 heteroatoms. The first kappa shape index (κ1) is 16.8. The van der Waals surface area contributed by atoms with E-state index < -0.39 is 22.3 Å². The minimum absolute atomic E-state index is 0.0603. The van der Waals surface area contributed by atoms with Crippen LogP contribution < -0.4 is 10.6 Å². The summed E-state index contributed by atoms with van der Waals surface area (Å²) in [5, 5.41) is 16.2. The first-order valence-corrected chi connectivity index (χ1v) is 6.50. The Kier molecular flexibility index (Phi) is 6.54. The first-order chi connectivity index (χ1) is 10.0. The fraction of sp³-hybridized carbons (Fsp3) is 0.462. The molecule has 2 N–H and O–H groups in total. The molecular formula is C13H18FN3O4. The van der Waals surface area contributed by atoms with Gasteiger partial charge in [-0.15, -0.1) is 0 Å². The molecular weight excluding hydrogens is 281 g/mol. The summed E-state index contributed by atoms with van der Waals surface area (Å²) < 4.78 is 18.5. The van der Waals surface area contributed by atoms with E-state index in [0.29, 0.717) is 26.1 Å². The topological polar surface area (TPSA) is 93.5 Å². The number of amides is 1. The zero-order valence-electron chi connectivity index (χ0n) is 11.9. The predicted octanol–water partition coefficient (Wildman–Crippen LogP) is 1.93. The zero-order chi connectivity index (χ0) is 15.8. The number of nitro groups is 1. The Morgan fingerprint density at radius 1 is 1.48 bits per heavy atom. The van der Waals surface area contributed by atoms with E-state index in [1.54, 1.807) is 6.92 Å². The van der Waals surface area contributed by atoms with Gasteiger partial charge >= 0.3 is 0 Å². The van der Waals surface area contributed by atoms with E-state index in [0.717, 1.165) is 12.1 Å². The lowest BCUT2D eigenvalue weighted by molar-refractivity contribution is -0.385. The van der Waals surface area contributed by atoms with Gasteiger partial charge in [-0.2, -0.15) is 0 Å². The van der Waals surface area contributed by atoms with Crippen molar-refractivity contribution in [1.29, 1.82) is 0 Å². The van der Waals surface area contributed by atoms with Crippen LogP contribution >= 0.6 is 0 Å². The van der Waals surface area contributed by atoms with Crippen molar-refractivity contribution in [3.8, 4) is 0 Å². The maximum absolute atomic E-state index is 13.7. The highest BCUT2D eigenvalue weighted by Gasteiger charge is 2.23. The summed E-state index contributed by atoms with van der Waals surface area (Å²) >= 11 is 0. The maximum atomic E-state index is 13.7. The van der Waals surface area contributed by atoms with Crippen molar-refractivity contribution in [1.82, 2.24) is 5.32 Å². The number of benzene rings is 1. The summed E-state index contributed by atoms with van der Waals surface area (Å²) in [5.41, 5.74) is -0.668. The van der Waals surface area contributed by atoms with Gasteiger partial charge in [0.25, 0.3) is 11.6 Å². The van der Waals surface area contributed by atoms with Gasteiger partial charge in [-0.05, 0) is 19.4 Å². The van der Waals surface area contributed by atoms with Crippen molar-refractivity contribution in [3.63, 3.8) is 0 Å². The molecule has 0 heterocycles. The van der Waals surface area contributed by atoms with Crippen molar-refractivity contribution in [2.24, 2.45) is 0 Å². The van der Waals surface area contributed by atoms with Gasteiger partial charge in [0.15, 0.2) is 5.82 Å². The van der Waals surface area contributed by atoms with Crippen molar-refractivity contribution < 1.29 is 18.8 Å². The van der Waals surface area contributed by atoms with Crippen molar-refractivity contribution in [2.45, 2.75) is 13.3 Å². The van der Waals surface area contributed by atoms with E-state index in [-0.39, 0.29) is 11.3 Å². The normalized spacial score (nSPS) is 10.2. The van der Waals surface area contributed by atoms with E-state index in [1.165, 1.54) is 7.11 Å². The van der Waals surface area contributed by atoms with E-state index in [1.807, 2.05) is 0 Å². The molecule has 1 aromatic rings. The molecule has 1 amide bonds. The summed E-state index contributed by atoms with van der Waals surface area (Å²) in [6.07, 6.45) is 0.581. The van der Waals surface area contributed by atoms with Crippen molar-refractivity contribution in [3.05, 3.63) is 33.6 Å². The average molecular weight is 299 g/mol. The lowest BCUT2D eigenvalue weighted by Gasteiger charge is -2.09. The number of carbonyl (C=O) groups excluding carboxylic acids is 1. The molecule has 0 aliphatic carbocycles. The quantitative estimate of drug-likeness (QED) is 0.434. The molecule has 0 spiro atoms. The number of hydrogen-bond acceptors (Lipinski definition) is 5. The first-order valence-electron chi connectivity index (χ1n) is 6.50. The van der Waals surface area contributed by atoms with Crippen LogP contribution in [0, 0.1) is 15.9 Å². The molecule has 0 aliphatic rings. The summed E-state index contributed by atoms with van der Waals surface area (Å²) in [6.45, 7) is 2.97. The lowest BCUT2D eigenvalue weighted by Crippen LogP contribution is -2.26. The van der Waals surface area contributed by atoms with Gasteiger partial charge in [-0.1, -0.05) is 0 Å². The third kappa shape index (κ3) is 4.67. The molecule has 0 aromatic heterocycles. The highest BCUT2D eigenvalue weighted by atomic mass is 19.1. The number of ether oxygens (including phenoxy) is 1. The number of carbonyl (C=O) groups is 1. The molecule has 7 nitrogen and oxygen atoms in total. The number of halogens is 1. The second-order valence-electron chi connectivity index (χ2n) is 4.24. The molecule has 0 bridgehead atoms. The zero-order valence-corrected chi connectivity index (χ0v) is 11.9. The number of nitrogens with one attached hydrogen (secondary N) is 2. The molecule has 0 saturated heterocycles. The van der Waals surface area contributed by atoms with Crippen LogP contribution in [0.15, 0.2) is 12.1 Å². The van der Waals surface area contributed by atoms with Gasteiger partial charge in [-0.25, -0.2) is 4.39 Å². The van der Waals surface area contributed by atoms with Crippen LogP contribution in [0.1, 0.15) is 23.7 Å². The van der Waals surface area contributed by atoms with Crippen LogP contribution in [0.3, 0.4) is 0 Å². The highest BCUT2D eigenvalue weighted by Crippen LogP contribution is 2.26. The van der Waals surface area contributed by atoms with Crippen molar-refractivity contribution in [2.75, 3.05) is 32.1 Å². The highest BCUT2D eigenvalue weighted by molar-refractivity contribution is 5.99. The van der Waals surface area contributed by atoms with Crippen LogP contribution in [0.5, 0.6) is 0 Å². The van der Waals surface area contributed by atoms with Crippen molar-refractivity contribution >= 4 is 17.3 Å². The van der Waals surface area contributed by atoms with Gasteiger partial charge in [0, 0.05) is 26.8 Å². The van der Waals surface area contributed by atoms with Crippen LogP contribution in [0.4, 0.5) is 15.8 Å². The third-order valence-electron chi connectivity index (χ3n) is 2.70. The molecule has 0 atom stereocenters. The summed E-state index contributed by atoms with van der Waals surface area (Å²) in [7, 11) is 1.54. The van der Waals surface area contributed by atoms with Crippen LogP contribution in [-0.4, -0.2) is 37.6 Å². The SMILES string of the molecule is CCNc1cc(C(=O)NCCCOC)c([N+](=O)[O-])cc1F. The molecule has 0 saturated carbocycles. The average Bonchev–Trinajstić information content (AvgIpc) is 2.45. The van der Waals surface area contributed by atoms with Gasteiger partial charge in [0.2, 0.25) is 0 Å². The maximum Gasteiger partial charge on any atom is 0.285 e. The van der Waals surface area contributed by atoms with Gasteiger partial charge in [0.05, 0.1) is 16.7 Å². The predicted molar refractivity (Wildman–Crippen MR) is 76.0 cm³/mol. The Morgan fingerprint density at radius 3 is 2.76 bits per heavy atom. The molecule has 0 fully saturated rings. The minimum atomic E-state index is -0.775. The van der Waals surface area contributed by atoms with Gasteiger partial charge in [0.1, 0.15) is 5.56 Å². The van der Waals surface area contributed by atoms with Crippen LogP contribution in [0.2, 0.25) is 0 Å². The number of nitrogens with zero attached hydrogens (tertiary/aromatic N) is 1. The second kappa shape index (κ2) is 8.15. The van der Waals surface area contributed by atoms with E-state index in [4.69, 9.17) is 4.74 Å². The Bertz CT molecular complexity index is 522. The van der Waals surface area contributed by atoms with E-state index in [2.05, 4.69) is 10.6 Å². The largest absolute Gasteiger partial charge is 0.385 e. The standard InChI is InChI=1S/C13H18FN3O4/c1-3-15-11-7-9(12(17(19)20)8-10(11)14)13(18)16-5-4-6-21-2/h7-8,15H,3-6H2,1-2H3,(H,16,18). The smallest absolute Gasteiger partial charge is 0.285 e. The molecule has 0 unspecified atom stereocenters. The summed E-state index contributed by atoms with van der Waals surface area (Å²) in [5.74, 6) is -1.38. The Morgan fingerprint density at radius 2 is 2.19 bits per heavy atom.